The van der Waals surface area contributed by atoms with E-state index in [2.05, 4.69) is 70.7 Å². The van der Waals surface area contributed by atoms with Crippen LogP contribution in [0.25, 0.3) is 0 Å². The molecule has 0 radical (unpaired) electrons. The Hall–Kier alpha value is -2.10. The van der Waals surface area contributed by atoms with Crippen molar-refractivity contribution in [2.24, 2.45) is 0 Å². The molecule has 0 heterocycles. The molecule has 31 heavy (non-hydrogen) atoms. The summed E-state index contributed by atoms with van der Waals surface area (Å²) in [6, 6.07) is 13.4. The fourth-order valence-electron chi connectivity index (χ4n) is 4.45. The highest BCUT2D eigenvalue weighted by atomic mass is 16.6. The van der Waals surface area contributed by atoms with Crippen LogP contribution < -0.4 is 4.74 Å². The van der Waals surface area contributed by atoms with Gasteiger partial charge in [-0.25, -0.2) is 0 Å². The third-order valence-electron chi connectivity index (χ3n) is 6.16. The van der Waals surface area contributed by atoms with E-state index < -0.39 is 5.79 Å². The van der Waals surface area contributed by atoms with Crippen molar-refractivity contribution in [3.63, 3.8) is 0 Å². The van der Waals surface area contributed by atoms with Crippen molar-refractivity contribution in [2.45, 2.75) is 85.0 Å². The number of rotatable bonds is 11. The Morgan fingerprint density at radius 2 is 1.58 bits per heavy atom. The monoisotopic (exact) mass is 424 g/mol. The van der Waals surface area contributed by atoms with Gasteiger partial charge in [-0.2, -0.15) is 0 Å². The molecule has 170 valence electrons. The molecule has 0 unspecified atom stereocenters. The Morgan fingerprint density at radius 1 is 1.00 bits per heavy atom. The van der Waals surface area contributed by atoms with Crippen LogP contribution in [0, 0.1) is 13.8 Å². The number of hydrogen-bond donors (Lipinski definition) is 1. The number of benzene rings is 2. The fraction of sp³-hybridized carbons (Fsp3) is 0.500. The van der Waals surface area contributed by atoms with Gasteiger partial charge < -0.3 is 14.6 Å². The van der Waals surface area contributed by atoms with E-state index in [1.807, 2.05) is 13.0 Å². The second-order valence-corrected chi connectivity index (χ2v) is 9.09. The summed E-state index contributed by atoms with van der Waals surface area (Å²) in [5.74, 6) is -0.309. The lowest BCUT2D eigenvalue weighted by Gasteiger charge is -2.34. The van der Waals surface area contributed by atoms with Gasteiger partial charge in [-0.15, -0.1) is 6.58 Å². The molecule has 2 aromatic carbocycles. The molecule has 0 aliphatic heterocycles. The van der Waals surface area contributed by atoms with E-state index in [4.69, 9.17) is 9.47 Å². The molecule has 0 fully saturated rings. The van der Waals surface area contributed by atoms with Crippen molar-refractivity contribution >= 4 is 0 Å². The van der Waals surface area contributed by atoms with Crippen LogP contribution in [-0.2, 0) is 16.6 Å². The third kappa shape index (κ3) is 6.21. The smallest absolute Gasteiger partial charge is 0.160 e. The van der Waals surface area contributed by atoms with E-state index in [1.165, 1.54) is 22.3 Å². The van der Waals surface area contributed by atoms with Crippen molar-refractivity contribution < 1.29 is 14.6 Å². The Bertz CT molecular complexity index is 872. The lowest BCUT2D eigenvalue weighted by Crippen LogP contribution is -2.32. The molecule has 1 N–H and O–H groups in total. The summed E-state index contributed by atoms with van der Waals surface area (Å²) in [5.41, 5.74) is 6.42. The quantitative estimate of drug-likeness (QED) is 0.324. The van der Waals surface area contributed by atoms with Crippen LogP contribution in [0.15, 0.2) is 49.1 Å². The topological polar surface area (TPSA) is 38.7 Å². The first-order valence-electron chi connectivity index (χ1n) is 11.4. The number of ether oxygens (including phenoxy) is 2. The summed E-state index contributed by atoms with van der Waals surface area (Å²) in [4.78, 5) is 0. The average molecular weight is 425 g/mol. The predicted molar refractivity (Wildman–Crippen MR) is 130 cm³/mol. The van der Waals surface area contributed by atoms with Gasteiger partial charge in [-0.05, 0) is 87.8 Å². The van der Waals surface area contributed by atoms with E-state index in [0.717, 1.165) is 30.6 Å². The molecule has 0 aliphatic rings. The summed E-state index contributed by atoms with van der Waals surface area (Å²) >= 11 is 0. The van der Waals surface area contributed by atoms with Gasteiger partial charge >= 0.3 is 0 Å². The normalized spacial score (nSPS) is 13.2. The molecule has 0 spiro atoms. The second kappa shape index (κ2) is 10.5. The molecule has 0 aliphatic carbocycles. The van der Waals surface area contributed by atoms with Gasteiger partial charge in [0, 0.05) is 5.41 Å². The summed E-state index contributed by atoms with van der Waals surface area (Å²) in [7, 11) is 0. The molecule has 2 rings (SSSR count). The van der Waals surface area contributed by atoms with Crippen LogP contribution >= 0.6 is 0 Å². The maximum atomic E-state index is 9.81. The standard InChI is InChI=1S/C28H40O3/c1-9-12-23-13-14-24(17-20(23)4)28(10-2,11-3)25-15-16-26(21(5)18-25)30-19-22(6)31-27(7,8)29/h9,13-18,22,29H,1,10-12,19H2,2-8H3/t22-/m0/s1. The van der Waals surface area contributed by atoms with Crippen molar-refractivity contribution in [1.29, 1.82) is 0 Å². The largest absolute Gasteiger partial charge is 0.491 e. The third-order valence-corrected chi connectivity index (χ3v) is 6.16. The SMILES string of the molecule is C=CCc1ccc(C(CC)(CC)c2ccc(OC[C@H](C)OC(C)(C)O)c(C)c2)cc1C. The summed E-state index contributed by atoms with van der Waals surface area (Å²) in [5, 5.41) is 9.81. The fourth-order valence-corrected chi connectivity index (χ4v) is 4.45. The lowest BCUT2D eigenvalue weighted by atomic mass is 9.70. The lowest BCUT2D eigenvalue weighted by molar-refractivity contribution is -0.206. The van der Waals surface area contributed by atoms with Crippen LogP contribution in [0.4, 0.5) is 0 Å². The van der Waals surface area contributed by atoms with Gasteiger partial charge in [0.1, 0.15) is 12.4 Å². The van der Waals surface area contributed by atoms with E-state index in [9.17, 15) is 5.11 Å². The van der Waals surface area contributed by atoms with Crippen molar-refractivity contribution in [1.82, 2.24) is 0 Å². The zero-order chi connectivity index (χ0) is 23.2. The van der Waals surface area contributed by atoms with Crippen LogP contribution in [0.3, 0.4) is 0 Å². The molecule has 0 aromatic heterocycles. The number of allylic oxidation sites excluding steroid dienone is 1. The number of aliphatic hydroxyl groups is 1. The van der Waals surface area contributed by atoms with Crippen molar-refractivity contribution in [2.75, 3.05) is 6.61 Å². The van der Waals surface area contributed by atoms with Crippen molar-refractivity contribution in [3.05, 3.63) is 76.9 Å². The number of aryl methyl sites for hydroxylation is 2. The molecule has 0 saturated heterocycles. The predicted octanol–water partition coefficient (Wildman–Crippen LogP) is 6.65. The molecule has 0 bridgehead atoms. The first-order chi connectivity index (χ1) is 14.6. The summed E-state index contributed by atoms with van der Waals surface area (Å²) in [6.45, 7) is 18.3. The van der Waals surface area contributed by atoms with E-state index in [1.54, 1.807) is 13.8 Å². The van der Waals surface area contributed by atoms with Crippen LogP contribution in [0.5, 0.6) is 5.75 Å². The minimum absolute atomic E-state index is 0.0297. The van der Waals surface area contributed by atoms with Gasteiger partial charge in [-0.3, -0.25) is 0 Å². The van der Waals surface area contributed by atoms with Gasteiger partial charge in [0.2, 0.25) is 0 Å². The van der Waals surface area contributed by atoms with Gasteiger partial charge in [0.15, 0.2) is 5.79 Å². The highest BCUT2D eigenvalue weighted by molar-refractivity contribution is 5.47. The van der Waals surface area contributed by atoms with E-state index in [0.29, 0.717) is 6.61 Å². The Balaban J connectivity index is 2.30. The molecular weight excluding hydrogens is 384 g/mol. The average Bonchev–Trinajstić information content (AvgIpc) is 2.69. The maximum Gasteiger partial charge on any atom is 0.160 e. The minimum Gasteiger partial charge on any atom is -0.491 e. The molecule has 0 saturated carbocycles. The van der Waals surface area contributed by atoms with Crippen LogP contribution in [0.2, 0.25) is 0 Å². The zero-order valence-electron chi connectivity index (χ0n) is 20.4. The zero-order valence-corrected chi connectivity index (χ0v) is 20.4. The second-order valence-electron chi connectivity index (χ2n) is 9.09. The minimum atomic E-state index is -1.16. The highest BCUT2D eigenvalue weighted by Gasteiger charge is 2.31. The maximum absolute atomic E-state index is 9.81. The molecule has 2 aromatic rings. The number of hydrogen-bond acceptors (Lipinski definition) is 3. The van der Waals surface area contributed by atoms with Crippen molar-refractivity contribution in [3.8, 4) is 5.75 Å². The van der Waals surface area contributed by atoms with E-state index >= 15 is 0 Å². The molecule has 1 atom stereocenters. The van der Waals surface area contributed by atoms with Gasteiger partial charge in [0.05, 0.1) is 6.10 Å². The van der Waals surface area contributed by atoms with Gasteiger partial charge in [-0.1, -0.05) is 50.3 Å². The molecular formula is C28H40O3. The molecule has 0 amide bonds. The first kappa shape index (κ1) is 25.2. The first-order valence-corrected chi connectivity index (χ1v) is 11.4. The van der Waals surface area contributed by atoms with E-state index in [-0.39, 0.29) is 11.5 Å². The molecule has 3 nitrogen and oxygen atoms in total. The highest BCUT2D eigenvalue weighted by Crippen LogP contribution is 2.41. The van der Waals surface area contributed by atoms with Gasteiger partial charge in [0.25, 0.3) is 0 Å². The Kier molecular flexibility index (Phi) is 8.50. The summed E-state index contributed by atoms with van der Waals surface area (Å²) in [6.07, 6.45) is 4.71. The Morgan fingerprint density at radius 3 is 2.06 bits per heavy atom. The summed E-state index contributed by atoms with van der Waals surface area (Å²) < 4.78 is 11.5. The van der Waals surface area contributed by atoms with Crippen LogP contribution in [-0.4, -0.2) is 23.6 Å². The Labute approximate surface area is 189 Å². The van der Waals surface area contributed by atoms with Crippen LogP contribution in [0.1, 0.15) is 75.3 Å². The molecule has 3 heteroatoms.